The van der Waals surface area contributed by atoms with Crippen LogP contribution < -0.4 is 5.32 Å². The summed E-state index contributed by atoms with van der Waals surface area (Å²) < 4.78 is 34.2. The molecule has 0 aliphatic carbocycles. The fourth-order valence-corrected chi connectivity index (χ4v) is 10.1. The second-order valence-electron chi connectivity index (χ2n) is 21.1. The summed E-state index contributed by atoms with van der Waals surface area (Å²) in [5, 5.41) is 120. The molecule has 3 aliphatic rings. The number of carbonyl (C=O) groups is 1. The van der Waals surface area contributed by atoms with Crippen LogP contribution in [0.1, 0.15) is 206 Å². The molecule has 3 heterocycles. The number of nitrogens with one attached hydrogen (secondary N) is 1. The van der Waals surface area contributed by atoms with Gasteiger partial charge in [-0.15, -0.1) is 0 Å². The Morgan fingerprint density at radius 1 is 0.438 bits per heavy atom. The molecule has 432 valence electrons. The third kappa shape index (κ3) is 24.1. The van der Waals surface area contributed by atoms with Gasteiger partial charge in [-0.3, -0.25) is 4.79 Å². The molecule has 0 spiro atoms. The predicted molar refractivity (Wildman–Crippen MR) is 273 cm³/mol. The summed E-state index contributed by atoms with van der Waals surface area (Å²) >= 11 is 0. The Balaban J connectivity index is 1.51. The van der Waals surface area contributed by atoms with Crippen molar-refractivity contribution in [2.24, 2.45) is 0 Å². The van der Waals surface area contributed by atoms with Gasteiger partial charge in [0.2, 0.25) is 5.91 Å². The van der Waals surface area contributed by atoms with Crippen LogP contribution in [0, 0.1) is 0 Å². The zero-order valence-electron chi connectivity index (χ0n) is 44.6. The molecule has 19 heteroatoms. The molecule has 3 fully saturated rings. The third-order valence-electron chi connectivity index (χ3n) is 14.9. The van der Waals surface area contributed by atoms with Gasteiger partial charge in [-0.2, -0.15) is 0 Å². The van der Waals surface area contributed by atoms with Crippen LogP contribution in [0.3, 0.4) is 0 Å². The molecule has 12 N–H and O–H groups in total. The minimum atomic E-state index is -1.97. The van der Waals surface area contributed by atoms with Gasteiger partial charge in [0.1, 0.15) is 73.2 Å². The first-order chi connectivity index (χ1) is 35.3. The van der Waals surface area contributed by atoms with Crippen molar-refractivity contribution >= 4 is 5.91 Å². The van der Waals surface area contributed by atoms with E-state index in [0.29, 0.717) is 12.8 Å². The normalized spacial score (nSPS) is 31.7. The second kappa shape index (κ2) is 39.2. The number of ether oxygens (including phenoxy) is 6. The number of aliphatic hydroxyl groups is 11. The van der Waals surface area contributed by atoms with Gasteiger partial charge in [0.05, 0.1) is 38.6 Å². The Morgan fingerprint density at radius 3 is 1.19 bits per heavy atom. The lowest BCUT2D eigenvalue weighted by molar-refractivity contribution is -0.379. The first kappa shape index (κ1) is 66.1. The molecule has 3 rings (SSSR count). The lowest BCUT2D eigenvalue weighted by atomic mass is 9.96. The molecule has 0 radical (unpaired) electrons. The summed E-state index contributed by atoms with van der Waals surface area (Å²) in [5.41, 5.74) is 0. The van der Waals surface area contributed by atoms with Crippen molar-refractivity contribution in [2.45, 2.75) is 311 Å². The highest BCUT2D eigenvalue weighted by Gasteiger charge is 2.53. The average molecular weight is 1050 g/mol. The van der Waals surface area contributed by atoms with Crippen LogP contribution >= 0.6 is 0 Å². The van der Waals surface area contributed by atoms with Crippen molar-refractivity contribution in [3.63, 3.8) is 0 Å². The van der Waals surface area contributed by atoms with Crippen molar-refractivity contribution in [2.75, 3.05) is 26.4 Å². The zero-order valence-corrected chi connectivity index (χ0v) is 44.6. The highest BCUT2D eigenvalue weighted by Crippen LogP contribution is 2.33. The van der Waals surface area contributed by atoms with Gasteiger partial charge in [0.25, 0.3) is 0 Å². The van der Waals surface area contributed by atoms with E-state index in [1.165, 1.54) is 128 Å². The summed E-state index contributed by atoms with van der Waals surface area (Å²) in [7, 11) is 0. The molecule has 1 amide bonds. The first-order valence-corrected chi connectivity index (χ1v) is 28.8. The van der Waals surface area contributed by atoms with Gasteiger partial charge in [0, 0.05) is 6.42 Å². The summed E-state index contributed by atoms with van der Waals surface area (Å²) in [5.74, 6) is -0.243. The number of rotatable bonds is 42. The molecular weight excluding hydrogens is 951 g/mol. The molecule has 17 atom stereocenters. The summed E-state index contributed by atoms with van der Waals surface area (Å²) in [6, 6.07) is -0.878. The predicted octanol–water partition coefficient (Wildman–Crippen LogP) is 4.04. The fraction of sp³-hybridized carbons (Fsp3) is 0.981. The molecule has 0 bridgehead atoms. The number of carbonyl (C=O) groups excluding carboxylic acids is 1. The van der Waals surface area contributed by atoms with E-state index in [4.69, 9.17) is 28.4 Å². The molecule has 73 heavy (non-hydrogen) atoms. The van der Waals surface area contributed by atoms with Gasteiger partial charge < -0.3 is 89.9 Å². The van der Waals surface area contributed by atoms with E-state index in [1.54, 1.807) is 0 Å². The molecule has 17 unspecified atom stereocenters. The maximum absolute atomic E-state index is 13.3. The standard InChI is InChI=1S/C54H103NO18/c1-3-5-7-9-11-13-15-16-17-18-19-20-22-23-25-27-29-31-38(59)37(55-42(60)32-30-28-26-24-21-14-12-10-8-6-4-2)36-68-52-48(66)45(63)50(40(34-57)70-52)73-54-49(67)46(64)51(41(35-58)71-54)72-53-47(65)44(62)43(61)39(33-56)69-53/h37-41,43-54,56-59,61-67H,3-36H2,1-2H3,(H,55,60). The van der Waals surface area contributed by atoms with Crippen molar-refractivity contribution in [1.29, 1.82) is 0 Å². The quantitative estimate of drug-likeness (QED) is 0.0384. The summed E-state index contributed by atoms with van der Waals surface area (Å²) in [6.45, 7) is 1.78. The zero-order chi connectivity index (χ0) is 53.4. The smallest absolute Gasteiger partial charge is 0.220 e. The van der Waals surface area contributed by atoms with Crippen LogP contribution in [-0.4, -0.2) is 193 Å². The van der Waals surface area contributed by atoms with Gasteiger partial charge in [-0.05, 0) is 12.8 Å². The Hall–Kier alpha value is -1.21. The molecular formula is C54H103NO18. The lowest BCUT2D eigenvalue weighted by Gasteiger charge is -2.48. The fourth-order valence-electron chi connectivity index (χ4n) is 10.1. The average Bonchev–Trinajstić information content (AvgIpc) is 3.39. The molecule has 0 aromatic heterocycles. The summed E-state index contributed by atoms with van der Waals surface area (Å²) in [6.07, 6.45) is 7.68. The van der Waals surface area contributed by atoms with Crippen LogP contribution in [0.25, 0.3) is 0 Å². The van der Waals surface area contributed by atoms with Crippen molar-refractivity contribution in [1.82, 2.24) is 5.32 Å². The van der Waals surface area contributed by atoms with Crippen LogP contribution in [0.5, 0.6) is 0 Å². The maximum atomic E-state index is 13.3. The molecule has 3 aliphatic heterocycles. The number of hydrogen-bond donors (Lipinski definition) is 12. The minimum absolute atomic E-state index is 0.243. The monoisotopic (exact) mass is 1050 g/mol. The Morgan fingerprint density at radius 2 is 0.781 bits per heavy atom. The molecule has 0 aromatic rings. The molecule has 3 saturated heterocycles. The number of aliphatic hydroxyl groups excluding tert-OH is 11. The van der Waals surface area contributed by atoms with Crippen LogP contribution in [0.15, 0.2) is 0 Å². The van der Waals surface area contributed by atoms with Crippen LogP contribution in [0.2, 0.25) is 0 Å². The van der Waals surface area contributed by atoms with Gasteiger partial charge in [0.15, 0.2) is 18.9 Å². The molecule has 0 saturated carbocycles. The Labute approximate surface area is 436 Å². The maximum Gasteiger partial charge on any atom is 0.220 e. The first-order valence-electron chi connectivity index (χ1n) is 28.8. The van der Waals surface area contributed by atoms with Gasteiger partial charge in [-0.25, -0.2) is 0 Å². The highest BCUT2D eigenvalue weighted by molar-refractivity contribution is 5.76. The number of unbranched alkanes of at least 4 members (excludes halogenated alkanes) is 26. The molecule has 19 nitrogen and oxygen atoms in total. The second-order valence-corrected chi connectivity index (χ2v) is 21.1. The SMILES string of the molecule is CCCCCCCCCCCCCCCCCCCC(O)C(COC1OC(CO)C(OC2OC(CO)C(OC3OC(CO)C(O)C(O)C3O)C(O)C2O)C(O)C1O)NC(=O)CCCCCCCCCCCCC. The van der Waals surface area contributed by atoms with Crippen molar-refractivity contribution in [3.05, 3.63) is 0 Å². The van der Waals surface area contributed by atoms with Crippen LogP contribution in [0.4, 0.5) is 0 Å². The van der Waals surface area contributed by atoms with E-state index in [0.717, 1.165) is 44.9 Å². The largest absolute Gasteiger partial charge is 0.394 e. The van der Waals surface area contributed by atoms with Gasteiger partial charge in [-0.1, -0.05) is 187 Å². The third-order valence-corrected chi connectivity index (χ3v) is 14.9. The van der Waals surface area contributed by atoms with E-state index in [9.17, 15) is 61.0 Å². The Kier molecular flexibility index (Phi) is 35.5. The summed E-state index contributed by atoms with van der Waals surface area (Å²) in [4.78, 5) is 13.3. The van der Waals surface area contributed by atoms with E-state index in [2.05, 4.69) is 19.2 Å². The van der Waals surface area contributed by atoms with Crippen molar-refractivity contribution < 1.29 is 89.4 Å². The van der Waals surface area contributed by atoms with Crippen LogP contribution in [-0.2, 0) is 33.2 Å². The topological polar surface area (TPSA) is 307 Å². The number of amides is 1. The number of hydrogen-bond acceptors (Lipinski definition) is 18. The van der Waals surface area contributed by atoms with E-state index >= 15 is 0 Å². The van der Waals surface area contributed by atoms with E-state index < -0.39 is 124 Å². The van der Waals surface area contributed by atoms with Gasteiger partial charge >= 0.3 is 0 Å². The van der Waals surface area contributed by atoms with Crippen molar-refractivity contribution in [3.8, 4) is 0 Å². The molecule has 0 aromatic carbocycles. The Bertz CT molecular complexity index is 1350. The highest BCUT2D eigenvalue weighted by atomic mass is 16.8. The minimum Gasteiger partial charge on any atom is -0.394 e. The van der Waals surface area contributed by atoms with E-state index in [-0.39, 0.29) is 18.9 Å². The lowest BCUT2D eigenvalue weighted by Crippen LogP contribution is -2.66. The van der Waals surface area contributed by atoms with E-state index in [1.807, 2.05) is 0 Å².